The van der Waals surface area contributed by atoms with Crippen LogP contribution in [-0.2, 0) is 28.5 Å². The van der Waals surface area contributed by atoms with Crippen molar-refractivity contribution in [3.63, 3.8) is 0 Å². The van der Waals surface area contributed by atoms with Crippen LogP contribution in [0.1, 0.15) is 6.92 Å². The molecule has 0 saturated carbocycles. The number of ketones is 1. The van der Waals surface area contributed by atoms with E-state index in [2.05, 4.69) is 10.6 Å². The fourth-order valence-electron chi connectivity index (χ4n) is 1.31. The van der Waals surface area contributed by atoms with Gasteiger partial charge in [0.2, 0.25) is 5.91 Å². The molecule has 0 aromatic carbocycles. The predicted molar refractivity (Wildman–Crippen MR) is 80.9 cm³/mol. The lowest BCUT2D eigenvalue weighted by Gasteiger charge is -2.08. The third-order valence-electron chi connectivity index (χ3n) is 2.35. The fraction of sp³-hybridized carbons (Fsp3) is 0.857. The molecular weight excluding hydrogens is 292 g/mol. The molecule has 1 amide bonds. The van der Waals surface area contributed by atoms with Crippen LogP contribution in [0.5, 0.6) is 0 Å². The number of carbonyl (C=O) groups excluding carboxylic acids is 2. The molecule has 0 aromatic heterocycles. The first-order valence-corrected chi connectivity index (χ1v) is 7.38. The molecule has 0 unspecified atom stereocenters. The lowest BCUT2D eigenvalue weighted by Crippen LogP contribution is -2.31. The molecule has 22 heavy (non-hydrogen) atoms. The molecule has 0 saturated heterocycles. The number of likely N-dealkylation sites (N-methyl/N-ethyl adjacent to an activating group) is 1. The first-order chi connectivity index (χ1) is 10.7. The van der Waals surface area contributed by atoms with Crippen molar-refractivity contribution in [1.82, 2.24) is 10.6 Å². The topological polar surface area (TPSA) is 95.1 Å². The van der Waals surface area contributed by atoms with Crippen molar-refractivity contribution in [3.8, 4) is 0 Å². The van der Waals surface area contributed by atoms with Gasteiger partial charge in [0.25, 0.3) is 0 Å². The number of rotatable bonds is 16. The first-order valence-electron chi connectivity index (χ1n) is 7.38. The molecule has 0 rings (SSSR count). The molecule has 130 valence electrons. The number of amides is 1. The van der Waals surface area contributed by atoms with Gasteiger partial charge >= 0.3 is 0 Å². The summed E-state index contributed by atoms with van der Waals surface area (Å²) in [7, 11) is 1.87. The zero-order valence-electron chi connectivity index (χ0n) is 13.5. The second-order valence-electron chi connectivity index (χ2n) is 4.49. The molecule has 0 aliphatic carbocycles. The van der Waals surface area contributed by atoms with E-state index in [4.69, 9.17) is 18.9 Å². The average molecular weight is 320 g/mol. The minimum Gasteiger partial charge on any atom is -0.378 e. The van der Waals surface area contributed by atoms with Gasteiger partial charge in [-0.25, -0.2) is 0 Å². The van der Waals surface area contributed by atoms with Crippen LogP contribution < -0.4 is 10.6 Å². The first kappa shape index (κ1) is 20.9. The van der Waals surface area contributed by atoms with E-state index in [1.165, 1.54) is 6.92 Å². The van der Waals surface area contributed by atoms with Gasteiger partial charge in [0.1, 0.15) is 13.2 Å². The van der Waals surface area contributed by atoms with Gasteiger partial charge in [0.15, 0.2) is 5.78 Å². The van der Waals surface area contributed by atoms with E-state index in [9.17, 15) is 9.59 Å². The van der Waals surface area contributed by atoms with E-state index in [-0.39, 0.29) is 31.5 Å². The van der Waals surface area contributed by atoms with Crippen molar-refractivity contribution in [3.05, 3.63) is 0 Å². The highest BCUT2D eigenvalue weighted by Gasteiger charge is 2.01. The Morgan fingerprint density at radius 2 is 1.32 bits per heavy atom. The third kappa shape index (κ3) is 17.0. The van der Waals surface area contributed by atoms with Crippen LogP contribution in [0.4, 0.5) is 0 Å². The van der Waals surface area contributed by atoms with E-state index < -0.39 is 0 Å². The van der Waals surface area contributed by atoms with Crippen LogP contribution in [0, 0.1) is 0 Å². The molecule has 0 aliphatic rings. The van der Waals surface area contributed by atoms with Crippen LogP contribution in [0.25, 0.3) is 0 Å². The largest absolute Gasteiger partial charge is 0.378 e. The number of hydrogen-bond acceptors (Lipinski definition) is 7. The summed E-state index contributed by atoms with van der Waals surface area (Å²) in [4.78, 5) is 22.0. The predicted octanol–water partition coefficient (Wildman–Crippen LogP) is -1.02. The number of Topliss-reactive ketones (excluding diaryl/α,β-unsaturated/α-hetero) is 1. The molecule has 0 atom stereocenters. The normalized spacial score (nSPS) is 10.6. The molecule has 0 spiro atoms. The Kier molecular flexibility index (Phi) is 15.5. The smallest absolute Gasteiger partial charge is 0.246 e. The van der Waals surface area contributed by atoms with E-state index in [1.54, 1.807) is 0 Å². The highest BCUT2D eigenvalue weighted by Crippen LogP contribution is 1.81. The summed E-state index contributed by atoms with van der Waals surface area (Å²) >= 11 is 0. The van der Waals surface area contributed by atoms with Gasteiger partial charge in [-0.3, -0.25) is 9.59 Å². The highest BCUT2D eigenvalue weighted by atomic mass is 16.5. The third-order valence-corrected chi connectivity index (χ3v) is 2.35. The Balaban J connectivity index is 3.17. The van der Waals surface area contributed by atoms with Crippen LogP contribution in [0.2, 0.25) is 0 Å². The number of carbonyl (C=O) groups is 2. The van der Waals surface area contributed by atoms with E-state index in [0.717, 1.165) is 6.54 Å². The van der Waals surface area contributed by atoms with Crippen molar-refractivity contribution in [2.24, 2.45) is 0 Å². The van der Waals surface area contributed by atoms with E-state index in [1.807, 2.05) is 7.05 Å². The second kappa shape index (κ2) is 16.3. The molecule has 0 fully saturated rings. The average Bonchev–Trinajstić information content (AvgIpc) is 2.48. The Hall–Kier alpha value is -1.06. The summed E-state index contributed by atoms with van der Waals surface area (Å²) in [6.07, 6.45) is 0. The number of hydrogen-bond donors (Lipinski definition) is 2. The van der Waals surface area contributed by atoms with Gasteiger partial charge < -0.3 is 29.6 Å². The summed E-state index contributed by atoms with van der Waals surface area (Å²) in [6, 6.07) is 0. The van der Waals surface area contributed by atoms with Gasteiger partial charge in [-0.2, -0.15) is 0 Å². The van der Waals surface area contributed by atoms with Crippen molar-refractivity contribution in [1.29, 1.82) is 0 Å². The monoisotopic (exact) mass is 320 g/mol. The minimum atomic E-state index is -0.208. The van der Waals surface area contributed by atoms with Crippen LogP contribution in [0.3, 0.4) is 0 Å². The summed E-state index contributed by atoms with van der Waals surface area (Å²) in [6.45, 7) is 5.45. The standard InChI is InChI=1S/C14H28N2O6/c1-13(17)11-21-9-10-22-12-14(18)16-4-6-20-8-7-19-5-3-15-2/h15H,3-12H2,1-2H3,(H,16,18). The molecular formula is C14H28N2O6. The zero-order chi connectivity index (χ0) is 16.5. The fourth-order valence-corrected chi connectivity index (χ4v) is 1.31. The van der Waals surface area contributed by atoms with Crippen molar-refractivity contribution in [2.45, 2.75) is 6.92 Å². The maximum atomic E-state index is 11.4. The van der Waals surface area contributed by atoms with Gasteiger partial charge in [-0.15, -0.1) is 0 Å². The maximum Gasteiger partial charge on any atom is 0.246 e. The summed E-state index contributed by atoms with van der Waals surface area (Å²) < 4.78 is 20.7. The van der Waals surface area contributed by atoms with Gasteiger partial charge in [-0.1, -0.05) is 0 Å². The summed E-state index contributed by atoms with van der Waals surface area (Å²) in [5.41, 5.74) is 0. The van der Waals surface area contributed by atoms with Crippen molar-refractivity contribution >= 4 is 11.7 Å². The second-order valence-corrected chi connectivity index (χ2v) is 4.49. The molecule has 8 heteroatoms. The SMILES string of the molecule is CNCCOCCOCCNC(=O)COCCOCC(C)=O. The molecule has 2 N–H and O–H groups in total. The van der Waals surface area contributed by atoms with Gasteiger partial charge in [0, 0.05) is 13.1 Å². The maximum absolute atomic E-state index is 11.4. The van der Waals surface area contributed by atoms with Crippen LogP contribution >= 0.6 is 0 Å². The Labute approximate surface area is 131 Å². The van der Waals surface area contributed by atoms with Gasteiger partial charge in [-0.05, 0) is 14.0 Å². The van der Waals surface area contributed by atoms with Crippen molar-refractivity contribution in [2.75, 3.05) is 73.0 Å². The minimum absolute atomic E-state index is 0.0312. The summed E-state index contributed by atoms with van der Waals surface area (Å²) in [5.74, 6) is -0.245. The lowest BCUT2D eigenvalue weighted by atomic mass is 10.5. The van der Waals surface area contributed by atoms with Gasteiger partial charge in [0.05, 0.1) is 39.6 Å². The summed E-state index contributed by atoms with van der Waals surface area (Å²) in [5, 5.41) is 5.64. The molecule has 8 nitrogen and oxygen atoms in total. The van der Waals surface area contributed by atoms with Crippen LogP contribution in [-0.4, -0.2) is 84.7 Å². The van der Waals surface area contributed by atoms with E-state index >= 15 is 0 Å². The zero-order valence-corrected chi connectivity index (χ0v) is 13.5. The quantitative estimate of drug-likeness (QED) is 0.351. The van der Waals surface area contributed by atoms with Crippen molar-refractivity contribution < 1.29 is 28.5 Å². The Bertz CT molecular complexity index is 289. The molecule has 0 bridgehead atoms. The highest BCUT2D eigenvalue weighted by molar-refractivity contribution is 5.77. The van der Waals surface area contributed by atoms with Crippen LogP contribution in [0.15, 0.2) is 0 Å². The molecule has 0 heterocycles. The number of nitrogens with one attached hydrogen (secondary N) is 2. The molecule has 0 radical (unpaired) electrons. The number of ether oxygens (including phenoxy) is 4. The molecule has 0 aliphatic heterocycles. The molecule has 0 aromatic rings. The Morgan fingerprint density at radius 3 is 1.91 bits per heavy atom. The Morgan fingerprint density at radius 1 is 0.773 bits per heavy atom. The van der Waals surface area contributed by atoms with E-state index in [0.29, 0.717) is 39.6 Å². The lowest BCUT2D eigenvalue weighted by molar-refractivity contribution is -0.127.